The van der Waals surface area contributed by atoms with Crippen molar-refractivity contribution >= 4 is 28.9 Å². The van der Waals surface area contributed by atoms with E-state index in [9.17, 15) is 4.79 Å². The molecule has 1 amide bonds. The van der Waals surface area contributed by atoms with Gasteiger partial charge in [0.05, 0.1) is 16.3 Å². The van der Waals surface area contributed by atoms with Gasteiger partial charge in [-0.05, 0) is 30.9 Å². The molecule has 0 bridgehead atoms. The number of rotatable bonds is 4. The second-order valence-electron chi connectivity index (χ2n) is 5.65. The fraction of sp³-hybridized carbons (Fsp3) is 0.533. The molecule has 1 saturated carbocycles. The number of hydrogen-bond donors (Lipinski definition) is 2. The molecule has 0 radical (unpaired) electrons. The summed E-state index contributed by atoms with van der Waals surface area (Å²) in [6, 6.07) is 3.27. The number of carbonyl (C=O) groups excluding carboxylic acids is 1. The molecule has 4 N–H and O–H groups in total. The maximum Gasteiger partial charge on any atom is 0.250 e. The fourth-order valence-corrected chi connectivity index (χ4v) is 3.42. The predicted molar refractivity (Wildman–Crippen MR) is 84.2 cm³/mol. The van der Waals surface area contributed by atoms with E-state index in [0.717, 1.165) is 6.54 Å². The molecule has 2 rings (SSSR count). The lowest BCUT2D eigenvalue weighted by Crippen LogP contribution is -2.29. The van der Waals surface area contributed by atoms with Crippen LogP contribution in [-0.4, -0.2) is 19.5 Å². The van der Waals surface area contributed by atoms with Gasteiger partial charge in [0.15, 0.2) is 0 Å². The maximum atomic E-state index is 11.6. The highest BCUT2D eigenvalue weighted by Crippen LogP contribution is 2.33. The molecule has 1 aliphatic rings. The molecule has 0 aromatic heterocycles. The van der Waals surface area contributed by atoms with E-state index in [2.05, 4.69) is 0 Å². The number of nitrogen functional groups attached to an aromatic ring is 1. The van der Waals surface area contributed by atoms with E-state index in [1.54, 1.807) is 12.1 Å². The largest absolute Gasteiger partial charge is 0.399 e. The minimum atomic E-state index is -0.496. The quantitative estimate of drug-likeness (QED) is 0.839. The molecule has 0 spiro atoms. The van der Waals surface area contributed by atoms with Crippen molar-refractivity contribution in [1.82, 2.24) is 0 Å². The third-order valence-electron chi connectivity index (χ3n) is 3.99. The number of hydrogen-bond acceptors (Lipinski definition) is 3. The van der Waals surface area contributed by atoms with Crippen LogP contribution < -0.4 is 16.4 Å². The summed E-state index contributed by atoms with van der Waals surface area (Å²) in [5.74, 6) is 0.160. The van der Waals surface area contributed by atoms with Gasteiger partial charge in [-0.15, -0.1) is 0 Å². The van der Waals surface area contributed by atoms with E-state index in [-0.39, 0.29) is 0 Å². The van der Waals surface area contributed by atoms with Crippen LogP contribution in [0, 0.1) is 5.92 Å². The van der Waals surface area contributed by atoms with E-state index in [4.69, 9.17) is 23.1 Å². The molecule has 1 aliphatic carbocycles. The molecule has 1 aromatic carbocycles. The average molecular weight is 296 g/mol. The molecule has 1 fully saturated rings. The SMILES string of the molecule is CN(CC1CCCCC1)c1c(Cl)cc(N)cc1C(N)=O. The second kappa shape index (κ2) is 6.35. The molecule has 0 aliphatic heterocycles. The van der Waals surface area contributed by atoms with Gasteiger partial charge in [0.2, 0.25) is 0 Å². The Bertz CT molecular complexity index is 498. The van der Waals surface area contributed by atoms with Gasteiger partial charge in [0, 0.05) is 19.3 Å². The Kier molecular flexibility index (Phi) is 4.76. The van der Waals surface area contributed by atoms with Crippen molar-refractivity contribution in [1.29, 1.82) is 0 Å². The molecule has 0 saturated heterocycles. The first-order valence-electron chi connectivity index (χ1n) is 7.09. The van der Waals surface area contributed by atoms with E-state index in [0.29, 0.717) is 27.9 Å². The van der Waals surface area contributed by atoms with Crippen LogP contribution in [0.25, 0.3) is 0 Å². The van der Waals surface area contributed by atoms with Crippen molar-refractivity contribution in [2.24, 2.45) is 11.7 Å². The van der Waals surface area contributed by atoms with Gasteiger partial charge in [-0.3, -0.25) is 4.79 Å². The van der Waals surface area contributed by atoms with Crippen LogP contribution in [0.4, 0.5) is 11.4 Å². The molecule has 5 heteroatoms. The summed E-state index contributed by atoms with van der Waals surface area (Å²) in [7, 11) is 1.96. The summed E-state index contributed by atoms with van der Waals surface area (Å²) in [6.45, 7) is 0.893. The second-order valence-corrected chi connectivity index (χ2v) is 6.05. The third kappa shape index (κ3) is 3.37. The Morgan fingerprint density at radius 1 is 1.35 bits per heavy atom. The first kappa shape index (κ1) is 15.0. The lowest BCUT2D eigenvalue weighted by molar-refractivity contribution is 0.100. The summed E-state index contributed by atoms with van der Waals surface area (Å²) < 4.78 is 0. The summed E-state index contributed by atoms with van der Waals surface area (Å²) >= 11 is 6.26. The fourth-order valence-electron chi connectivity index (χ4n) is 3.04. The Balaban J connectivity index is 2.23. The standard InChI is InChI=1S/C15H22ClN3O/c1-19(9-10-5-3-2-4-6-10)14-12(15(18)20)7-11(17)8-13(14)16/h7-8,10H,2-6,9,17H2,1H3,(H2,18,20). The van der Waals surface area contributed by atoms with Crippen molar-refractivity contribution in [2.75, 3.05) is 24.2 Å². The normalized spacial score (nSPS) is 16.1. The molecular weight excluding hydrogens is 274 g/mol. The molecule has 0 unspecified atom stereocenters. The predicted octanol–water partition coefficient (Wildman–Crippen LogP) is 3.04. The van der Waals surface area contributed by atoms with Crippen molar-refractivity contribution in [3.8, 4) is 0 Å². The average Bonchev–Trinajstić information content (AvgIpc) is 2.38. The highest BCUT2D eigenvalue weighted by molar-refractivity contribution is 6.34. The number of anilines is 2. The maximum absolute atomic E-state index is 11.6. The van der Waals surface area contributed by atoms with Crippen molar-refractivity contribution in [3.63, 3.8) is 0 Å². The van der Waals surface area contributed by atoms with Gasteiger partial charge < -0.3 is 16.4 Å². The van der Waals surface area contributed by atoms with E-state index in [1.165, 1.54) is 32.1 Å². The van der Waals surface area contributed by atoms with Crippen molar-refractivity contribution in [3.05, 3.63) is 22.7 Å². The molecule has 110 valence electrons. The van der Waals surface area contributed by atoms with Crippen LogP contribution >= 0.6 is 11.6 Å². The van der Waals surface area contributed by atoms with Crippen LogP contribution in [0.2, 0.25) is 5.02 Å². The first-order chi connectivity index (χ1) is 9.49. The Morgan fingerprint density at radius 2 is 2.00 bits per heavy atom. The molecule has 0 atom stereocenters. The number of benzene rings is 1. The summed E-state index contributed by atoms with van der Waals surface area (Å²) in [5.41, 5.74) is 12.7. The Morgan fingerprint density at radius 3 is 2.60 bits per heavy atom. The minimum Gasteiger partial charge on any atom is -0.399 e. The highest BCUT2D eigenvalue weighted by Gasteiger charge is 2.21. The summed E-state index contributed by atoms with van der Waals surface area (Å²) in [6.07, 6.45) is 6.38. The summed E-state index contributed by atoms with van der Waals surface area (Å²) in [5, 5.41) is 0.483. The van der Waals surface area contributed by atoms with Crippen LogP contribution in [0.3, 0.4) is 0 Å². The van der Waals surface area contributed by atoms with Crippen LogP contribution in [-0.2, 0) is 0 Å². The van der Waals surface area contributed by atoms with E-state index >= 15 is 0 Å². The molecule has 1 aromatic rings. The third-order valence-corrected chi connectivity index (χ3v) is 4.28. The summed E-state index contributed by atoms with van der Waals surface area (Å²) in [4.78, 5) is 13.6. The monoisotopic (exact) mass is 295 g/mol. The Labute approximate surface area is 125 Å². The van der Waals surface area contributed by atoms with Gasteiger partial charge in [-0.25, -0.2) is 0 Å². The van der Waals surface area contributed by atoms with Crippen molar-refractivity contribution < 1.29 is 4.79 Å². The zero-order valence-corrected chi connectivity index (χ0v) is 12.6. The number of carbonyl (C=O) groups is 1. The zero-order chi connectivity index (χ0) is 14.7. The van der Waals surface area contributed by atoms with Crippen LogP contribution in [0.5, 0.6) is 0 Å². The molecular formula is C15H22ClN3O. The lowest BCUT2D eigenvalue weighted by Gasteiger charge is -2.30. The van der Waals surface area contributed by atoms with Gasteiger partial charge in [-0.2, -0.15) is 0 Å². The number of nitrogens with two attached hydrogens (primary N) is 2. The first-order valence-corrected chi connectivity index (χ1v) is 7.46. The number of nitrogens with zero attached hydrogens (tertiary/aromatic N) is 1. The van der Waals surface area contributed by atoms with E-state index in [1.807, 2.05) is 11.9 Å². The molecule has 4 nitrogen and oxygen atoms in total. The van der Waals surface area contributed by atoms with Crippen LogP contribution in [0.1, 0.15) is 42.5 Å². The van der Waals surface area contributed by atoms with Crippen LogP contribution in [0.15, 0.2) is 12.1 Å². The van der Waals surface area contributed by atoms with Crippen molar-refractivity contribution in [2.45, 2.75) is 32.1 Å². The smallest absolute Gasteiger partial charge is 0.250 e. The van der Waals surface area contributed by atoms with Gasteiger partial charge in [0.1, 0.15) is 0 Å². The topological polar surface area (TPSA) is 72.3 Å². The zero-order valence-electron chi connectivity index (χ0n) is 11.9. The van der Waals surface area contributed by atoms with E-state index < -0.39 is 5.91 Å². The number of primary amides is 1. The Hall–Kier alpha value is -1.42. The minimum absolute atomic E-state index is 0.397. The number of halogens is 1. The van der Waals surface area contributed by atoms with Gasteiger partial charge in [-0.1, -0.05) is 30.9 Å². The van der Waals surface area contributed by atoms with Gasteiger partial charge in [0.25, 0.3) is 5.91 Å². The number of amides is 1. The molecule has 20 heavy (non-hydrogen) atoms. The van der Waals surface area contributed by atoms with Gasteiger partial charge >= 0.3 is 0 Å². The highest BCUT2D eigenvalue weighted by atomic mass is 35.5. The lowest BCUT2D eigenvalue weighted by atomic mass is 9.89. The molecule has 0 heterocycles.